The van der Waals surface area contributed by atoms with Crippen molar-refractivity contribution in [3.63, 3.8) is 0 Å². The SMILES string of the molecule is O=C(NC1CCCCC1)N1CCN(c2cc(-c3ccccc3)ncn2)CC1. The second-order valence-electron chi connectivity index (χ2n) is 7.39. The van der Waals surface area contributed by atoms with E-state index >= 15 is 0 Å². The Morgan fingerprint density at radius 3 is 2.44 bits per heavy atom. The molecule has 1 saturated heterocycles. The molecule has 27 heavy (non-hydrogen) atoms. The number of anilines is 1. The Balaban J connectivity index is 1.34. The van der Waals surface area contributed by atoms with E-state index in [1.54, 1.807) is 6.33 Å². The van der Waals surface area contributed by atoms with E-state index in [0.29, 0.717) is 6.04 Å². The predicted molar refractivity (Wildman–Crippen MR) is 107 cm³/mol. The minimum atomic E-state index is 0.0919. The first-order chi connectivity index (χ1) is 13.3. The van der Waals surface area contributed by atoms with Crippen LogP contribution in [0.25, 0.3) is 11.3 Å². The number of aromatic nitrogens is 2. The zero-order chi connectivity index (χ0) is 18.5. The topological polar surface area (TPSA) is 61.4 Å². The van der Waals surface area contributed by atoms with Gasteiger partial charge in [0.2, 0.25) is 0 Å². The third kappa shape index (κ3) is 4.38. The highest BCUT2D eigenvalue weighted by atomic mass is 16.2. The van der Waals surface area contributed by atoms with E-state index in [1.165, 1.54) is 19.3 Å². The van der Waals surface area contributed by atoms with E-state index in [-0.39, 0.29) is 6.03 Å². The second kappa shape index (κ2) is 8.37. The largest absolute Gasteiger partial charge is 0.353 e. The fraction of sp³-hybridized carbons (Fsp3) is 0.476. The molecule has 2 heterocycles. The van der Waals surface area contributed by atoms with Gasteiger partial charge < -0.3 is 15.1 Å². The molecular formula is C21H27N5O. The summed E-state index contributed by atoms with van der Waals surface area (Å²) < 4.78 is 0. The van der Waals surface area contributed by atoms with Gasteiger partial charge in [-0.25, -0.2) is 14.8 Å². The summed E-state index contributed by atoms with van der Waals surface area (Å²) in [4.78, 5) is 25.5. The molecule has 0 spiro atoms. The summed E-state index contributed by atoms with van der Waals surface area (Å²) >= 11 is 0. The quantitative estimate of drug-likeness (QED) is 0.906. The van der Waals surface area contributed by atoms with Crippen LogP contribution in [-0.4, -0.2) is 53.1 Å². The molecule has 6 nitrogen and oxygen atoms in total. The van der Waals surface area contributed by atoms with Crippen molar-refractivity contribution in [3.8, 4) is 11.3 Å². The Kier molecular flexibility index (Phi) is 5.51. The first kappa shape index (κ1) is 17.8. The highest BCUT2D eigenvalue weighted by Gasteiger charge is 2.24. The molecule has 1 saturated carbocycles. The van der Waals surface area contributed by atoms with E-state index in [1.807, 2.05) is 29.2 Å². The molecule has 6 heteroatoms. The molecule has 2 aliphatic rings. The van der Waals surface area contributed by atoms with Crippen LogP contribution < -0.4 is 10.2 Å². The van der Waals surface area contributed by atoms with Gasteiger partial charge in [0.1, 0.15) is 12.1 Å². The first-order valence-electron chi connectivity index (χ1n) is 9.97. The van der Waals surface area contributed by atoms with Crippen LogP contribution in [0.15, 0.2) is 42.7 Å². The Morgan fingerprint density at radius 1 is 0.963 bits per heavy atom. The first-order valence-corrected chi connectivity index (χ1v) is 9.97. The minimum absolute atomic E-state index is 0.0919. The van der Waals surface area contributed by atoms with Gasteiger partial charge in [-0.05, 0) is 12.8 Å². The van der Waals surface area contributed by atoms with Crippen LogP contribution in [0.2, 0.25) is 0 Å². The summed E-state index contributed by atoms with van der Waals surface area (Å²) in [6.45, 7) is 3.04. The molecule has 0 atom stereocenters. The summed E-state index contributed by atoms with van der Waals surface area (Å²) in [5, 5.41) is 3.22. The molecule has 2 aromatic rings. The molecule has 0 bridgehead atoms. The van der Waals surface area contributed by atoms with Crippen LogP contribution in [0.4, 0.5) is 10.6 Å². The van der Waals surface area contributed by atoms with Crippen molar-refractivity contribution in [2.45, 2.75) is 38.1 Å². The zero-order valence-electron chi connectivity index (χ0n) is 15.7. The fourth-order valence-corrected chi connectivity index (χ4v) is 3.94. The van der Waals surface area contributed by atoms with Crippen LogP contribution >= 0.6 is 0 Å². The number of carbonyl (C=O) groups excluding carboxylic acids is 1. The highest BCUT2D eigenvalue weighted by molar-refractivity contribution is 5.75. The minimum Gasteiger partial charge on any atom is -0.353 e. The number of nitrogens with one attached hydrogen (secondary N) is 1. The standard InChI is InChI=1S/C21H27N5O/c27-21(24-18-9-5-2-6-10-18)26-13-11-25(12-14-26)20-15-19(22-16-23-20)17-7-3-1-4-8-17/h1,3-4,7-8,15-16,18H,2,5-6,9-14H2,(H,24,27). The van der Waals surface area contributed by atoms with Crippen LogP contribution in [-0.2, 0) is 0 Å². The normalized spacial score (nSPS) is 18.4. The van der Waals surface area contributed by atoms with Crippen LogP contribution in [0.5, 0.6) is 0 Å². The van der Waals surface area contributed by atoms with Crippen molar-refractivity contribution in [2.24, 2.45) is 0 Å². The van der Waals surface area contributed by atoms with Gasteiger partial charge in [-0.2, -0.15) is 0 Å². The van der Waals surface area contributed by atoms with Gasteiger partial charge >= 0.3 is 6.03 Å². The summed E-state index contributed by atoms with van der Waals surface area (Å²) in [6.07, 6.45) is 7.63. The molecule has 0 radical (unpaired) electrons. The number of hydrogen-bond acceptors (Lipinski definition) is 4. The number of carbonyl (C=O) groups is 1. The van der Waals surface area contributed by atoms with Crippen molar-refractivity contribution < 1.29 is 4.79 Å². The van der Waals surface area contributed by atoms with Gasteiger partial charge in [-0.15, -0.1) is 0 Å². The van der Waals surface area contributed by atoms with E-state index in [0.717, 1.165) is 56.1 Å². The Labute approximate surface area is 160 Å². The maximum Gasteiger partial charge on any atom is 0.317 e. The molecule has 0 unspecified atom stereocenters. The maximum atomic E-state index is 12.5. The number of benzene rings is 1. The number of piperazine rings is 1. The fourth-order valence-electron chi connectivity index (χ4n) is 3.94. The van der Waals surface area contributed by atoms with Gasteiger partial charge in [0.25, 0.3) is 0 Å². The number of urea groups is 1. The van der Waals surface area contributed by atoms with Crippen LogP contribution in [0.3, 0.4) is 0 Å². The Bertz CT molecular complexity index is 752. The molecular weight excluding hydrogens is 338 g/mol. The van der Waals surface area contributed by atoms with E-state index in [4.69, 9.17) is 0 Å². The Morgan fingerprint density at radius 2 is 1.70 bits per heavy atom. The summed E-state index contributed by atoms with van der Waals surface area (Å²) in [7, 11) is 0. The van der Waals surface area contributed by atoms with Gasteiger partial charge in [0, 0.05) is 43.9 Å². The third-order valence-corrected chi connectivity index (χ3v) is 5.55. The Hall–Kier alpha value is -2.63. The third-order valence-electron chi connectivity index (χ3n) is 5.55. The molecule has 4 rings (SSSR count). The molecule has 1 aromatic carbocycles. The van der Waals surface area contributed by atoms with Gasteiger partial charge in [-0.1, -0.05) is 49.6 Å². The van der Waals surface area contributed by atoms with Crippen LogP contribution in [0, 0.1) is 0 Å². The molecule has 2 amide bonds. The lowest BCUT2D eigenvalue weighted by atomic mass is 9.96. The molecule has 142 valence electrons. The van der Waals surface area contributed by atoms with Crippen molar-refractivity contribution in [3.05, 3.63) is 42.7 Å². The van der Waals surface area contributed by atoms with Gasteiger partial charge in [0.15, 0.2) is 0 Å². The summed E-state index contributed by atoms with van der Waals surface area (Å²) in [5.74, 6) is 0.927. The predicted octanol–water partition coefficient (Wildman–Crippen LogP) is 3.31. The second-order valence-corrected chi connectivity index (χ2v) is 7.39. The number of rotatable bonds is 3. The highest BCUT2D eigenvalue weighted by Crippen LogP contribution is 2.22. The summed E-state index contributed by atoms with van der Waals surface area (Å²) in [5.41, 5.74) is 2.02. The van der Waals surface area contributed by atoms with E-state index in [2.05, 4.69) is 32.3 Å². The van der Waals surface area contributed by atoms with E-state index in [9.17, 15) is 4.79 Å². The molecule has 1 N–H and O–H groups in total. The van der Waals surface area contributed by atoms with Crippen molar-refractivity contribution in [1.29, 1.82) is 0 Å². The maximum absolute atomic E-state index is 12.5. The van der Waals surface area contributed by atoms with Crippen molar-refractivity contribution in [2.75, 3.05) is 31.1 Å². The lowest BCUT2D eigenvalue weighted by molar-refractivity contribution is 0.186. The molecule has 2 fully saturated rings. The van der Waals surface area contributed by atoms with Crippen LogP contribution in [0.1, 0.15) is 32.1 Å². The monoisotopic (exact) mass is 365 g/mol. The lowest BCUT2D eigenvalue weighted by Crippen LogP contribution is -2.53. The number of nitrogens with zero attached hydrogens (tertiary/aromatic N) is 4. The molecule has 1 aliphatic carbocycles. The number of hydrogen-bond donors (Lipinski definition) is 1. The van der Waals surface area contributed by atoms with Gasteiger partial charge in [-0.3, -0.25) is 0 Å². The zero-order valence-corrected chi connectivity index (χ0v) is 15.7. The molecule has 1 aromatic heterocycles. The molecule has 1 aliphatic heterocycles. The van der Waals surface area contributed by atoms with Crippen molar-refractivity contribution >= 4 is 11.8 Å². The average molecular weight is 365 g/mol. The van der Waals surface area contributed by atoms with E-state index < -0.39 is 0 Å². The van der Waals surface area contributed by atoms with Gasteiger partial charge in [0.05, 0.1) is 5.69 Å². The van der Waals surface area contributed by atoms with Crippen molar-refractivity contribution in [1.82, 2.24) is 20.2 Å². The average Bonchev–Trinajstić information content (AvgIpc) is 2.75. The summed E-state index contributed by atoms with van der Waals surface area (Å²) in [6, 6.07) is 12.6. The number of amides is 2. The smallest absolute Gasteiger partial charge is 0.317 e. The lowest BCUT2D eigenvalue weighted by Gasteiger charge is -2.36.